The minimum absolute atomic E-state index is 0.204. The molecule has 0 aromatic heterocycles. The number of ether oxygens (including phenoxy) is 4. The summed E-state index contributed by atoms with van der Waals surface area (Å²) in [5.41, 5.74) is 2.90. The molecule has 0 heterocycles. The molecule has 0 radical (unpaired) electrons. The fourth-order valence-corrected chi connectivity index (χ4v) is 2.65. The molecule has 0 bridgehead atoms. The quantitative estimate of drug-likeness (QED) is 0.768. The highest BCUT2D eigenvalue weighted by molar-refractivity contribution is 5.80. The van der Waals surface area contributed by atoms with E-state index in [0.29, 0.717) is 29.5 Å². The highest BCUT2D eigenvalue weighted by atomic mass is 16.5. The fraction of sp³-hybridized carbons (Fsp3) is 0.381. The van der Waals surface area contributed by atoms with Crippen molar-refractivity contribution >= 4 is 5.91 Å². The summed E-state index contributed by atoms with van der Waals surface area (Å²) in [4.78, 5) is 12.4. The number of aryl methyl sites for hydroxylation is 2. The van der Waals surface area contributed by atoms with Crippen LogP contribution in [0.15, 0.2) is 30.3 Å². The van der Waals surface area contributed by atoms with Crippen LogP contribution in [0, 0.1) is 13.8 Å². The van der Waals surface area contributed by atoms with Crippen LogP contribution in [-0.2, 0) is 11.3 Å². The van der Waals surface area contributed by atoms with Gasteiger partial charge in [-0.3, -0.25) is 4.79 Å². The molecule has 0 saturated heterocycles. The molecule has 1 amide bonds. The normalized spacial score (nSPS) is 11.5. The molecule has 1 atom stereocenters. The second-order valence-corrected chi connectivity index (χ2v) is 6.28. The van der Waals surface area contributed by atoms with Crippen LogP contribution in [0.5, 0.6) is 23.0 Å². The van der Waals surface area contributed by atoms with Crippen molar-refractivity contribution in [1.29, 1.82) is 0 Å². The third-order valence-electron chi connectivity index (χ3n) is 4.21. The number of benzene rings is 2. The van der Waals surface area contributed by atoms with E-state index in [2.05, 4.69) is 5.32 Å². The number of methoxy groups -OCH3 is 3. The predicted octanol–water partition coefficient (Wildman–Crippen LogP) is 3.41. The van der Waals surface area contributed by atoms with E-state index < -0.39 is 6.10 Å². The van der Waals surface area contributed by atoms with Crippen molar-refractivity contribution in [2.45, 2.75) is 33.4 Å². The average Bonchev–Trinajstić information content (AvgIpc) is 2.67. The van der Waals surface area contributed by atoms with Gasteiger partial charge in [0.15, 0.2) is 17.6 Å². The van der Waals surface area contributed by atoms with Crippen molar-refractivity contribution < 1.29 is 23.7 Å². The van der Waals surface area contributed by atoms with Gasteiger partial charge in [-0.25, -0.2) is 0 Å². The number of nitrogens with one attached hydrogen (secondary N) is 1. The molecule has 0 aliphatic heterocycles. The zero-order chi connectivity index (χ0) is 20.0. The van der Waals surface area contributed by atoms with Gasteiger partial charge in [-0.05, 0) is 55.7 Å². The first-order valence-corrected chi connectivity index (χ1v) is 8.70. The summed E-state index contributed by atoms with van der Waals surface area (Å²) in [5.74, 6) is 2.11. The van der Waals surface area contributed by atoms with Crippen molar-refractivity contribution in [3.63, 3.8) is 0 Å². The second kappa shape index (κ2) is 9.16. The van der Waals surface area contributed by atoms with E-state index in [-0.39, 0.29) is 5.91 Å². The number of hydrogen-bond acceptors (Lipinski definition) is 5. The molecule has 146 valence electrons. The van der Waals surface area contributed by atoms with Crippen molar-refractivity contribution in [2.24, 2.45) is 0 Å². The Labute approximate surface area is 160 Å². The minimum Gasteiger partial charge on any atom is -0.493 e. The maximum Gasteiger partial charge on any atom is 0.261 e. The number of amides is 1. The largest absolute Gasteiger partial charge is 0.493 e. The first-order valence-electron chi connectivity index (χ1n) is 8.70. The Morgan fingerprint density at radius 1 is 0.963 bits per heavy atom. The van der Waals surface area contributed by atoms with Crippen molar-refractivity contribution in [2.75, 3.05) is 21.3 Å². The lowest BCUT2D eigenvalue weighted by atomic mass is 10.1. The van der Waals surface area contributed by atoms with Gasteiger partial charge in [-0.15, -0.1) is 0 Å². The van der Waals surface area contributed by atoms with E-state index >= 15 is 0 Å². The van der Waals surface area contributed by atoms with Crippen molar-refractivity contribution in [3.05, 3.63) is 47.0 Å². The molecule has 2 aromatic rings. The first-order chi connectivity index (χ1) is 12.9. The SMILES string of the molecule is COc1cc(CNC(=O)[C@@H](C)Oc2cc(C)ccc2C)cc(OC)c1OC. The number of carbonyl (C=O) groups is 1. The average molecular weight is 373 g/mol. The number of hydrogen-bond donors (Lipinski definition) is 1. The number of carbonyl (C=O) groups excluding carboxylic acids is 1. The Bertz CT molecular complexity index is 778. The maximum atomic E-state index is 12.4. The Morgan fingerprint density at radius 3 is 2.15 bits per heavy atom. The van der Waals surface area contributed by atoms with Gasteiger partial charge in [0.2, 0.25) is 5.75 Å². The Kier molecular flexibility index (Phi) is 6.93. The standard InChI is InChI=1S/C21H27NO5/c1-13-7-8-14(2)17(9-13)27-15(3)21(23)22-12-16-10-18(24-4)20(26-6)19(11-16)25-5/h7-11,15H,12H2,1-6H3,(H,22,23)/t15-/m1/s1. The Morgan fingerprint density at radius 2 is 1.59 bits per heavy atom. The second-order valence-electron chi connectivity index (χ2n) is 6.28. The van der Waals surface area contributed by atoms with Gasteiger partial charge in [0.25, 0.3) is 5.91 Å². The van der Waals surface area contributed by atoms with Gasteiger partial charge >= 0.3 is 0 Å². The van der Waals surface area contributed by atoms with Gasteiger partial charge in [-0.2, -0.15) is 0 Å². The molecule has 0 aliphatic rings. The van der Waals surface area contributed by atoms with E-state index in [4.69, 9.17) is 18.9 Å². The summed E-state index contributed by atoms with van der Waals surface area (Å²) in [6.07, 6.45) is -0.618. The molecular weight excluding hydrogens is 346 g/mol. The van der Waals surface area contributed by atoms with Gasteiger partial charge in [0.1, 0.15) is 5.75 Å². The third-order valence-corrected chi connectivity index (χ3v) is 4.21. The van der Waals surface area contributed by atoms with Gasteiger partial charge in [0.05, 0.1) is 21.3 Å². The van der Waals surface area contributed by atoms with Crippen LogP contribution in [-0.4, -0.2) is 33.3 Å². The molecule has 6 heteroatoms. The summed E-state index contributed by atoms with van der Waals surface area (Å²) in [6.45, 7) is 5.99. The topological polar surface area (TPSA) is 66.0 Å². The van der Waals surface area contributed by atoms with Crippen molar-refractivity contribution in [1.82, 2.24) is 5.32 Å². The summed E-state index contributed by atoms with van der Waals surface area (Å²) >= 11 is 0. The molecule has 1 N–H and O–H groups in total. The zero-order valence-corrected chi connectivity index (χ0v) is 16.7. The van der Waals surface area contributed by atoms with Crippen LogP contribution >= 0.6 is 0 Å². The molecule has 27 heavy (non-hydrogen) atoms. The lowest BCUT2D eigenvalue weighted by Crippen LogP contribution is -2.36. The molecule has 2 rings (SSSR count). The lowest BCUT2D eigenvalue weighted by molar-refractivity contribution is -0.127. The molecule has 6 nitrogen and oxygen atoms in total. The van der Waals surface area contributed by atoms with E-state index in [1.54, 1.807) is 40.4 Å². The van der Waals surface area contributed by atoms with Crippen LogP contribution in [0.3, 0.4) is 0 Å². The maximum absolute atomic E-state index is 12.4. The summed E-state index contributed by atoms with van der Waals surface area (Å²) < 4.78 is 21.8. The monoisotopic (exact) mass is 373 g/mol. The van der Waals surface area contributed by atoms with Crippen LogP contribution in [0.4, 0.5) is 0 Å². The highest BCUT2D eigenvalue weighted by Crippen LogP contribution is 2.38. The minimum atomic E-state index is -0.618. The number of rotatable bonds is 8. The Hall–Kier alpha value is -2.89. The van der Waals surface area contributed by atoms with Crippen molar-refractivity contribution in [3.8, 4) is 23.0 Å². The van der Waals surface area contributed by atoms with Gasteiger partial charge in [0, 0.05) is 6.54 Å². The molecule has 0 saturated carbocycles. The van der Waals surface area contributed by atoms with E-state index in [1.807, 2.05) is 32.0 Å². The van der Waals surface area contributed by atoms with E-state index in [9.17, 15) is 4.79 Å². The Balaban J connectivity index is 2.05. The molecule has 0 fully saturated rings. The van der Waals surface area contributed by atoms with Gasteiger partial charge in [-0.1, -0.05) is 12.1 Å². The fourth-order valence-electron chi connectivity index (χ4n) is 2.65. The molecule has 0 aliphatic carbocycles. The van der Waals surface area contributed by atoms with Crippen LogP contribution in [0.1, 0.15) is 23.6 Å². The molecular formula is C21H27NO5. The highest BCUT2D eigenvalue weighted by Gasteiger charge is 2.17. The van der Waals surface area contributed by atoms with Crippen LogP contribution in [0.25, 0.3) is 0 Å². The van der Waals surface area contributed by atoms with Crippen LogP contribution < -0.4 is 24.3 Å². The third kappa shape index (κ3) is 5.06. The van der Waals surface area contributed by atoms with E-state index in [0.717, 1.165) is 16.7 Å². The summed E-state index contributed by atoms with van der Waals surface area (Å²) in [5, 5.41) is 2.88. The first kappa shape index (κ1) is 20.4. The lowest BCUT2D eigenvalue weighted by Gasteiger charge is -2.18. The molecule has 0 unspecified atom stereocenters. The zero-order valence-electron chi connectivity index (χ0n) is 16.7. The molecule has 0 spiro atoms. The summed E-state index contributed by atoms with van der Waals surface area (Å²) in [7, 11) is 4.66. The predicted molar refractivity (Wildman–Crippen MR) is 104 cm³/mol. The summed E-state index contributed by atoms with van der Waals surface area (Å²) in [6, 6.07) is 9.52. The molecule has 2 aromatic carbocycles. The van der Waals surface area contributed by atoms with E-state index in [1.165, 1.54) is 0 Å². The smallest absolute Gasteiger partial charge is 0.261 e. The van der Waals surface area contributed by atoms with Crippen LogP contribution in [0.2, 0.25) is 0 Å². The van der Waals surface area contributed by atoms with Gasteiger partial charge < -0.3 is 24.3 Å².